The van der Waals surface area contributed by atoms with E-state index in [9.17, 15) is 9.59 Å². The SMILES string of the molecule is CC(CCC(=O)O)NC(=O)c1ccc(Cl)cc1Cl. The minimum absolute atomic E-state index is 0.00972. The van der Waals surface area contributed by atoms with Gasteiger partial charge >= 0.3 is 5.97 Å². The summed E-state index contributed by atoms with van der Waals surface area (Å²) in [5.41, 5.74) is 0.322. The van der Waals surface area contributed by atoms with E-state index >= 15 is 0 Å². The van der Waals surface area contributed by atoms with E-state index in [0.29, 0.717) is 17.0 Å². The van der Waals surface area contributed by atoms with Gasteiger partial charge in [-0.25, -0.2) is 0 Å². The van der Waals surface area contributed by atoms with Crippen LogP contribution in [0.3, 0.4) is 0 Å². The van der Waals surface area contributed by atoms with Gasteiger partial charge in [0.2, 0.25) is 0 Å². The van der Waals surface area contributed by atoms with Gasteiger partial charge in [0, 0.05) is 17.5 Å². The lowest BCUT2D eigenvalue weighted by Crippen LogP contribution is -2.33. The van der Waals surface area contributed by atoms with E-state index in [2.05, 4.69) is 5.32 Å². The van der Waals surface area contributed by atoms with Crippen LogP contribution in [0, 0.1) is 0 Å². The zero-order valence-corrected chi connectivity index (χ0v) is 11.3. The van der Waals surface area contributed by atoms with Crippen LogP contribution in [0.4, 0.5) is 0 Å². The average molecular weight is 290 g/mol. The van der Waals surface area contributed by atoms with Crippen molar-refractivity contribution in [3.8, 4) is 0 Å². The van der Waals surface area contributed by atoms with Crippen molar-refractivity contribution in [3.05, 3.63) is 33.8 Å². The topological polar surface area (TPSA) is 66.4 Å². The van der Waals surface area contributed by atoms with Crippen LogP contribution in [-0.2, 0) is 4.79 Å². The van der Waals surface area contributed by atoms with Gasteiger partial charge in [-0.2, -0.15) is 0 Å². The van der Waals surface area contributed by atoms with Crippen molar-refractivity contribution < 1.29 is 14.7 Å². The monoisotopic (exact) mass is 289 g/mol. The molecule has 1 rings (SSSR count). The summed E-state index contributed by atoms with van der Waals surface area (Å²) >= 11 is 11.6. The van der Waals surface area contributed by atoms with Crippen molar-refractivity contribution in [1.29, 1.82) is 0 Å². The van der Waals surface area contributed by atoms with Crippen LogP contribution >= 0.6 is 23.2 Å². The summed E-state index contributed by atoms with van der Waals surface area (Å²) in [5.74, 6) is -1.23. The van der Waals surface area contributed by atoms with Crippen molar-refractivity contribution in [3.63, 3.8) is 0 Å². The van der Waals surface area contributed by atoms with Gasteiger partial charge in [-0.15, -0.1) is 0 Å². The Kier molecular flexibility index (Phi) is 5.44. The number of carbonyl (C=O) groups is 2. The second kappa shape index (κ2) is 6.61. The lowest BCUT2D eigenvalue weighted by atomic mass is 10.1. The Morgan fingerprint density at radius 2 is 2.06 bits per heavy atom. The van der Waals surface area contributed by atoms with Gasteiger partial charge in [0.15, 0.2) is 0 Å². The molecule has 1 atom stereocenters. The van der Waals surface area contributed by atoms with E-state index in [4.69, 9.17) is 28.3 Å². The first kappa shape index (κ1) is 14.8. The zero-order chi connectivity index (χ0) is 13.7. The lowest BCUT2D eigenvalue weighted by molar-refractivity contribution is -0.137. The fraction of sp³-hybridized carbons (Fsp3) is 0.333. The van der Waals surface area contributed by atoms with E-state index in [1.807, 2.05) is 0 Å². The molecule has 98 valence electrons. The van der Waals surface area contributed by atoms with Crippen LogP contribution in [0.5, 0.6) is 0 Å². The maximum atomic E-state index is 11.8. The number of carboxylic acid groups (broad SMARTS) is 1. The van der Waals surface area contributed by atoms with Crippen molar-refractivity contribution >= 4 is 35.1 Å². The molecule has 0 heterocycles. The average Bonchev–Trinajstić information content (AvgIpc) is 2.26. The number of carboxylic acids is 1. The fourth-order valence-electron chi connectivity index (χ4n) is 1.39. The van der Waals surface area contributed by atoms with E-state index in [1.54, 1.807) is 13.0 Å². The van der Waals surface area contributed by atoms with E-state index < -0.39 is 5.97 Å². The summed E-state index contributed by atoms with van der Waals surface area (Å²) in [6.45, 7) is 1.74. The lowest BCUT2D eigenvalue weighted by Gasteiger charge is -2.13. The molecule has 0 bridgehead atoms. The molecule has 1 unspecified atom stereocenters. The van der Waals surface area contributed by atoms with Crippen LogP contribution < -0.4 is 5.32 Å². The highest BCUT2D eigenvalue weighted by atomic mass is 35.5. The maximum Gasteiger partial charge on any atom is 0.303 e. The van der Waals surface area contributed by atoms with Crippen LogP contribution in [0.2, 0.25) is 10.0 Å². The minimum atomic E-state index is -0.888. The highest BCUT2D eigenvalue weighted by Crippen LogP contribution is 2.21. The summed E-state index contributed by atoms with van der Waals surface area (Å²) in [6.07, 6.45) is 0.377. The molecule has 0 aliphatic heterocycles. The molecule has 18 heavy (non-hydrogen) atoms. The minimum Gasteiger partial charge on any atom is -0.481 e. The molecular weight excluding hydrogens is 277 g/mol. The van der Waals surface area contributed by atoms with Crippen LogP contribution in [0.25, 0.3) is 0 Å². The van der Waals surface area contributed by atoms with Gasteiger partial charge in [0.05, 0.1) is 10.6 Å². The molecule has 0 aromatic heterocycles. The maximum absolute atomic E-state index is 11.8. The summed E-state index contributed by atoms with van der Waals surface area (Å²) in [5, 5.41) is 11.9. The Hall–Kier alpha value is -1.26. The summed E-state index contributed by atoms with van der Waals surface area (Å²) < 4.78 is 0. The van der Waals surface area contributed by atoms with Crippen LogP contribution in [-0.4, -0.2) is 23.0 Å². The number of amides is 1. The first-order valence-corrected chi connectivity index (χ1v) is 6.13. The Morgan fingerprint density at radius 3 is 2.61 bits per heavy atom. The number of hydrogen-bond donors (Lipinski definition) is 2. The predicted molar refractivity (Wildman–Crippen MR) is 70.3 cm³/mol. The van der Waals surface area contributed by atoms with E-state index in [-0.39, 0.29) is 23.4 Å². The first-order valence-electron chi connectivity index (χ1n) is 5.38. The second-order valence-corrected chi connectivity index (χ2v) is 4.77. The van der Waals surface area contributed by atoms with Crippen molar-refractivity contribution in [2.75, 3.05) is 0 Å². The quantitative estimate of drug-likeness (QED) is 0.876. The molecule has 0 saturated carbocycles. The summed E-state index contributed by atoms with van der Waals surface area (Å²) in [7, 11) is 0. The molecule has 0 fully saturated rings. The molecular formula is C12H13Cl2NO3. The fourth-order valence-corrected chi connectivity index (χ4v) is 1.88. The highest BCUT2D eigenvalue weighted by Gasteiger charge is 2.14. The Morgan fingerprint density at radius 1 is 1.39 bits per heavy atom. The Labute approximate surface area is 115 Å². The van der Waals surface area contributed by atoms with Gasteiger partial charge in [0.25, 0.3) is 5.91 Å². The number of aliphatic carboxylic acids is 1. The van der Waals surface area contributed by atoms with Crippen LogP contribution in [0.1, 0.15) is 30.1 Å². The molecule has 0 radical (unpaired) electrons. The molecule has 1 aromatic carbocycles. The summed E-state index contributed by atoms with van der Waals surface area (Å²) in [6, 6.07) is 4.36. The van der Waals surface area contributed by atoms with Gasteiger partial charge in [0.1, 0.15) is 0 Å². The van der Waals surface area contributed by atoms with Gasteiger partial charge in [-0.1, -0.05) is 23.2 Å². The van der Waals surface area contributed by atoms with Gasteiger partial charge < -0.3 is 10.4 Å². The zero-order valence-electron chi connectivity index (χ0n) is 9.74. The molecule has 0 saturated heterocycles. The number of benzene rings is 1. The number of hydrogen-bond acceptors (Lipinski definition) is 2. The molecule has 1 aromatic rings. The molecule has 2 N–H and O–H groups in total. The van der Waals surface area contributed by atoms with Crippen molar-refractivity contribution in [2.24, 2.45) is 0 Å². The Balaban J connectivity index is 2.62. The normalized spacial score (nSPS) is 11.9. The first-order chi connectivity index (χ1) is 8.40. The number of halogens is 2. The van der Waals surface area contributed by atoms with Crippen molar-refractivity contribution in [1.82, 2.24) is 5.32 Å². The molecule has 4 nitrogen and oxygen atoms in total. The van der Waals surface area contributed by atoms with Crippen molar-refractivity contribution in [2.45, 2.75) is 25.8 Å². The van der Waals surface area contributed by atoms with E-state index in [1.165, 1.54) is 12.1 Å². The largest absolute Gasteiger partial charge is 0.481 e. The van der Waals surface area contributed by atoms with Crippen LogP contribution in [0.15, 0.2) is 18.2 Å². The molecule has 6 heteroatoms. The number of rotatable bonds is 5. The molecule has 0 spiro atoms. The molecule has 1 amide bonds. The standard InChI is InChI=1S/C12H13Cl2NO3/c1-7(2-5-11(16)17)15-12(18)9-4-3-8(13)6-10(9)14/h3-4,6-7H,2,5H2,1H3,(H,15,18)(H,16,17). The summed E-state index contributed by atoms with van der Waals surface area (Å²) in [4.78, 5) is 22.2. The number of carbonyl (C=O) groups excluding carboxylic acids is 1. The second-order valence-electron chi connectivity index (χ2n) is 3.93. The van der Waals surface area contributed by atoms with Gasteiger partial charge in [-0.05, 0) is 31.5 Å². The molecule has 0 aliphatic rings. The third-order valence-corrected chi connectivity index (χ3v) is 2.89. The number of nitrogens with one attached hydrogen (secondary N) is 1. The third-order valence-electron chi connectivity index (χ3n) is 2.34. The predicted octanol–water partition coefficient (Wildman–Crippen LogP) is 2.98. The van der Waals surface area contributed by atoms with Gasteiger partial charge in [-0.3, -0.25) is 9.59 Å². The molecule has 0 aliphatic carbocycles. The smallest absolute Gasteiger partial charge is 0.303 e. The third kappa shape index (κ3) is 4.55. The Bertz CT molecular complexity index is 463. The highest BCUT2D eigenvalue weighted by molar-refractivity contribution is 6.36. The van der Waals surface area contributed by atoms with E-state index in [0.717, 1.165) is 0 Å².